The van der Waals surface area contributed by atoms with Gasteiger partial charge >= 0.3 is 0 Å². The van der Waals surface area contributed by atoms with Gasteiger partial charge in [-0.05, 0) is 51.0 Å². The topological polar surface area (TPSA) is 109 Å². The Morgan fingerprint density at radius 3 is 1.59 bits per heavy atom. The van der Waals surface area contributed by atoms with E-state index < -0.39 is 0 Å². The van der Waals surface area contributed by atoms with Gasteiger partial charge in [-0.25, -0.2) is 10.9 Å². The number of nitrogens with one attached hydrogen (secondary N) is 2. The van der Waals surface area contributed by atoms with Crippen molar-refractivity contribution in [2.75, 3.05) is 0 Å². The average Bonchev–Trinajstić information content (AvgIpc) is 2.76. The van der Waals surface area contributed by atoms with Crippen LogP contribution in [0.25, 0.3) is 0 Å². The quantitative estimate of drug-likeness (QED) is 0.367. The summed E-state index contributed by atoms with van der Waals surface area (Å²) in [6.07, 6.45) is 6.22. The Balaban J connectivity index is 1.59. The third-order valence-electron chi connectivity index (χ3n) is 4.08. The van der Waals surface area contributed by atoms with Crippen LogP contribution in [0.5, 0.6) is 0 Å². The zero-order valence-corrected chi connectivity index (χ0v) is 16.8. The molecule has 2 aromatic heterocycles. The molecule has 0 atom stereocenters. The van der Waals surface area contributed by atoms with Gasteiger partial charge in [0.2, 0.25) is 11.8 Å². The number of amides is 2. The smallest absolute Gasteiger partial charge is 0.240 e. The molecular weight excluding hydrogens is 368 g/mol. The van der Waals surface area contributed by atoms with Gasteiger partial charge in [0.05, 0.1) is 22.8 Å². The van der Waals surface area contributed by atoms with E-state index in [-0.39, 0.29) is 11.8 Å². The van der Waals surface area contributed by atoms with Gasteiger partial charge in [-0.15, -0.1) is 0 Å². The molecular formula is C21H26N6O2. The molecule has 8 nitrogen and oxygen atoms in total. The van der Waals surface area contributed by atoms with Crippen molar-refractivity contribution in [3.8, 4) is 0 Å². The van der Waals surface area contributed by atoms with Gasteiger partial charge in [0, 0.05) is 25.2 Å². The number of hydrogen-bond donors (Lipinski definition) is 2. The second-order valence-electron chi connectivity index (χ2n) is 6.46. The van der Waals surface area contributed by atoms with Gasteiger partial charge in [-0.3, -0.25) is 19.6 Å². The van der Waals surface area contributed by atoms with Crippen LogP contribution < -0.4 is 10.9 Å². The lowest BCUT2D eigenvalue weighted by molar-refractivity contribution is -0.121. The van der Waals surface area contributed by atoms with Gasteiger partial charge < -0.3 is 0 Å². The molecule has 8 heteroatoms. The third kappa shape index (κ3) is 8.42. The number of hydrogen-bond acceptors (Lipinski definition) is 6. The minimum atomic E-state index is -0.152. The molecule has 2 N–H and O–H groups in total. The van der Waals surface area contributed by atoms with Crippen LogP contribution in [-0.2, 0) is 9.59 Å². The number of unbranched alkanes of at least 4 members (excludes halogenated alkanes) is 2. The summed E-state index contributed by atoms with van der Waals surface area (Å²) in [5, 5.41) is 8.12. The predicted molar refractivity (Wildman–Crippen MR) is 112 cm³/mol. The second-order valence-corrected chi connectivity index (χ2v) is 6.46. The van der Waals surface area contributed by atoms with Crippen molar-refractivity contribution in [1.82, 2.24) is 20.8 Å². The molecule has 0 saturated carbocycles. The lowest BCUT2D eigenvalue weighted by Crippen LogP contribution is -2.20. The van der Waals surface area contributed by atoms with Crippen molar-refractivity contribution >= 4 is 23.2 Å². The molecule has 29 heavy (non-hydrogen) atoms. The van der Waals surface area contributed by atoms with E-state index in [1.807, 2.05) is 36.4 Å². The molecule has 2 rings (SSSR count). The van der Waals surface area contributed by atoms with Gasteiger partial charge in [0.1, 0.15) is 0 Å². The average molecular weight is 394 g/mol. The van der Waals surface area contributed by atoms with E-state index in [0.717, 1.165) is 17.8 Å². The SMILES string of the molecule is CC(=NNC(=O)CCCCCC(=O)NN=C(C)c1ccccn1)c1ccccn1. The normalized spacial score (nSPS) is 11.8. The fourth-order valence-corrected chi connectivity index (χ4v) is 2.42. The molecule has 0 aliphatic carbocycles. The van der Waals surface area contributed by atoms with Crippen molar-refractivity contribution < 1.29 is 9.59 Å². The monoisotopic (exact) mass is 394 g/mol. The summed E-state index contributed by atoms with van der Waals surface area (Å²) in [6.45, 7) is 3.58. The maximum absolute atomic E-state index is 11.8. The highest BCUT2D eigenvalue weighted by molar-refractivity contribution is 5.98. The first-order valence-electron chi connectivity index (χ1n) is 9.55. The van der Waals surface area contributed by atoms with Crippen LogP contribution in [-0.4, -0.2) is 33.2 Å². The van der Waals surface area contributed by atoms with Gasteiger partial charge in [0.25, 0.3) is 0 Å². The number of carbonyl (C=O) groups excluding carboxylic acids is 2. The molecule has 0 bridgehead atoms. The van der Waals surface area contributed by atoms with Crippen LogP contribution in [0.15, 0.2) is 59.0 Å². The minimum Gasteiger partial charge on any atom is -0.273 e. The minimum absolute atomic E-state index is 0.152. The number of pyridine rings is 2. The first-order valence-corrected chi connectivity index (χ1v) is 9.55. The van der Waals surface area contributed by atoms with Crippen LogP contribution in [0, 0.1) is 0 Å². The standard InChI is InChI=1S/C21H26N6O2/c1-16(18-10-6-8-14-22-18)24-26-20(28)12-4-3-5-13-21(29)27-25-17(2)19-11-7-9-15-23-19/h6-11,14-15H,3-5,12-13H2,1-2H3,(H,26,28)(H,27,29). The largest absolute Gasteiger partial charge is 0.273 e. The van der Waals surface area contributed by atoms with Gasteiger partial charge in [-0.1, -0.05) is 18.6 Å². The molecule has 0 fully saturated rings. The first kappa shape index (κ1) is 21.9. The van der Waals surface area contributed by atoms with Crippen molar-refractivity contribution in [2.24, 2.45) is 10.2 Å². The molecule has 2 heterocycles. The summed E-state index contributed by atoms with van der Waals surface area (Å²) in [6, 6.07) is 11.0. The predicted octanol–water partition coefficient (Wildman–Crippen LogP) is 2.81. The summed E-state index contributed by atoms with van der Waals surface area (Å²) in [7, 11) is 0. The summed E-state index contributed by atoms with van der Waals surface area (Å²) in [5.74, 6) is -0.305. The Kier molecular flexibility index (Phi) is 9.14. The van der Waals surface area contributed by atoms with Crippen molar-refractivity contribution in [2.45, 2.75) is 46.0 Å². The van der Waals surface area contributed by atoms with Crippen LogP contribution in [0.1, 0.15) is 57.3 Å². The Hall–Kier alpha value is -3.42. The third-order valence-corrected chi connectivity index (χ3v) is 4.08. The fraction of sp³-hybridized carbons (Fsp3) is 0.333. The molecule has 0 spiro atoms. The van der Waals surface area contributed by atoms with E-state index in [1.54, 1.807) is 26.2 Å². The molecule has 2 aromatic rings. The Bertz CT molecular complexity index is 778. The van der Waals surface area contributed by atoms with Crippen molar-refractivity contribution in [3.05, 3.63) is 60.2 Å². The highest BCUT2D eigenvalue weighted by Gasteiger charge is 2.04. The first-order chi connectivity index (χ1) is 14.1. The van der Waals surface area contributed by atoms with Gasteiger partial charge in [0.15, 0.2) is 0 Å². The van der Waals surface area contributed by atoms with Crippen molar-refractivity contribution in [1.29, 1.82) is 0 Å². The van der Waals surface area contributed by atoms with Crippen LogP contribution in [0.3, 0.4) is 0 Å². The van der Waals surface area contributed by atoms with E-state index >= 15 is 0 Å². The molecule has 0 radical (unpaired) electrons. The fourth-order valence-electron chi connectivity index (χ4n) is 2.42. The van der Waals surface area contributed by atoms with E-state index in [1.165, 1.54) is 0 Å². The second kappa shape index (κ2) is 12.1. The Morgan fingerprint density at radius 1 is 0.759 bits per heavy atom. The van der Waals surface area contributed by atoms with E-state index in [2.05, 4.69) is 31.0 Å². The lowest BCUT2D eigenvalue weighted by atomic mass is 10.1. The zero-order valence-electron chi connectivity index (χ0n) is 16.8. The van der Waals surface area contributed by atoms with Crippen LogP contribution in [0.2, 0.25) is 0 Å². The number of rotatable bonds is 10. The van der Waals surface area contributed by atoms with E-state index in [9.17, 15) is 9.59 Å². The molecule has 0 unspecified atom stereocenters. The van der Waals surface area contributed by atoms with Gasteiger partial charge in [-0.2, -0.15) is 10.2 Å². The number of carbonyl (C=O) groups is 2. The number of nitrogens with zero attached hydrogens (tertiary/aromatic N) is 4. The molecule has 0 aliphatic rings. The highest BCUT2D eigenvalue weighted by Crippen LogP contribution is 2.04. The Morgan fingerprint density at radius 2 is 1.21 bits per heavy atom. The van der Waals surface area contributed by atoms with Crippen LogP contribution in [0.4, 0.5) is 0 Å². The Labute approximate surface area is 170 Å². The highest BCUT2D eigenvalue weighted by atomic mass is 16.2. The maximum Gasteiger partial charge on any atom is 0.240 e. The van der Waals surface area contributed by atoms with E-state index in [4.69, 9.17) is 0 Å². The summed E-state index contributed by atoms with van der Waals surface area (Å²) >= 11 is 0. The molecule has 0 aliphatic heterocycles. The molecule has 0 saturated heterocycles. The summed E-state index contributed by atoms with van der Waals surface area (Å²) < 4.78 is 0. The van der Waals surface area contributed by atoms with Crippen molar-refractivity contribution in [3.63, 3.8) is 0 Å². The van der Waals surface area contributed by atoms with Crippen LogP contribution >= 0.6 is 0 Å². The molecule has 152 valence electrons. The zero-order chi connectivity index (χ0) is 20.9. The molecule has 2 amide bonds. The molecule has 0 aromatic carbocycles. The maximum atomic E-state index is 11.8. The summed E-state index contributed by atoms with van der Waals surface area (Å²) in [4.78, 5) is 32.0. The van der Waals surface area contributed by atoms with E-state index in [0.29, 0.717) is 37.1 Å². The number of aromatic nitrogens is 2. The number of hydrazone groups is 2. The summed E-state index contributed by atoms with van der Waals surface area (Å²) in [5.41, 5.74) is 7.81. The lowest BCUT2D eigenvalue weighted by Gasteiger charge is -2.04.